The van der Waals surface area contributed by atoms with Gasteiger partial charge in [0, 0.05) is 31.2 Å². The molecule has 0 bridgehead atoms. The molecule has 21 heavy (non-hydrogen) atoms. The second-order valence-electron chi connectivity index (χ2n) is 6.63. The molecule has 1 aliphatic heterocycles. The molecule has 1 aliphatic rings. The van der Waals surface area contributed by atoms with Crippen molar-refractivity contribution in [2.75, 3.05) is 13.1 Å². The van der Waals surface area contributed by atoms with E-state index in [0.717, 1.165) is 32.0 Å². The quantitative estimate of drug-likeness (QED) is 0.914. The molecule has 0 amide bonds. The van der Waals surface area contributed by atoms with Crippen LogP contribution in [0.15, 0.2) is 18.2 Å². The Kier molecular flexibility index (Phi) is 5.71. The van der Waals surface area contributed by atoms with Crippen LogP contribution in [0.5, 0.6) is 0 Å². The number of hydrogen-bond donors (Lipinski definition) is 1. The molecule has 1 heterocycles. The largest absolute Gasteiger partial charge is 0.313 e. The van der Waals surface area contributed by atoms with E-state index in [1.54, 1.807) is 0 Å². The van der Waals surface area contributed by atoms with Crippen LogP contribution in [0.25, 0.3) is 0 Å². The van der Waals surface area contributed by atoms with Crippen LogP contribution >= 0.6 is 0 Å². The topological polar surface area (TPSA) is 15.3 Å². The highest BCUT2D eigenvalue weighted by Crippen LogP contribution is 2.18. The average Bonchev–Trinajstić information content (AvgIpc) is 2.50. The fraction of sp³-hybridized carbons (Fsp3) is 0.647. The molecule has 1 aromatic rings. The normalized spacial score (nSPS) is 24.3. The highest BCUT2D eigenvalue weighted by atomic mass is 19.1. The Morgan fingerprint density at radius 2 is 1.90 bits per heavy atom. The molecule has 1 saturated heterocycles. The summed E-state index contributed by atoms with van der Waals surface area (Å²) >= 11 is 0. The number of halogens is 2. The highest BCUT2D eigenvalue weighted by molar-refractivity contribution is 5.18. The summed E-state index contributed by atoms with van der Waals surface area (Å²) in [7, 11) is 0. The smallest absolute Gasteiger partial charge is 0.126 e. The minimum Gasteiger partial charge on any atom is -0.313 e. The van der Waals surface area contributed by atoms with Gasteiger partial charge in [0.2, 0.25) is 0 Å². The molecule has 4 heteroatoms. The van der Waals surface area contributed by atoms with E-state index >= 15 is 0 Å². The number of hydrogen-bond acceptors (Lipinski definition) is 2. The molecule has 0 spiro atoms. The maximum atomic E-state index is 13.3. The van der Waals surface area contributed by atoms with Crippen LogP contribution in [-0.2, 0) is 6.54 Å². The Bertz CT molecular complexity index is 442. The maximum Gasteiger partial charge on any atom is 0.126 e. The first kappa shape index (κ1) is 16.4. The fourth-order valence-corrected chi connectivity index (χ4v) is 3.09. The van der Waals surface area contributed by atoms with E-state index in [2.05, 4.69) is 31.0 Å². The first-order valence-electron chi connectivity index (χ1n) is 7.86. The van der Waals surface area contributed by atoms with Crippen molar-refractivity contribution in [2.24, 2.45) is 5.92 Å². The molecular formula is C17H26F2N2. The van der Waals surface area contributed by atoms with Crippen LogP contribution in [0.2, 0.25) is 0 Å². The lowest BCUT2D eigenvalue weighted by molar-refractivity contribution is 0.189. The van der Waals surface area contributed by atoms with E-state index in [1.165, 1.54) is 12.1 Å². The Morgan fingerprint density at radius 1 is 1.24 bits per heavy atom. The van der Waals surface area contributed by atoms with Crippen LogP contribution in [0.4, 0.5) is 8.78 Å². The van der Waals surface area contributed by atoms with Crippen molar-refractivity contribution in [2.45, 2.75) is 52.2 Å². The van der Waals surface area contributed by atoms with Crippen LogP contribution < -0.4 is 5.32 Å². The molecular weight excluding hydrogens is 270 g/mol. The van der Waals surface area contributed by atoms with Crippen LogP contribution in [0.1, 0.15) is 39.2 Å². The van der Waals surface area contributed by atoms with Gasteiger partial charge in [0.05, 0.1) is 0 Å². The molecule has 2 unspecified atom stereocenters. The lowest BCUT2D eigenvalue weighted by atomic mass is 10.0. The van der Waals surface area contributed by atoms with E-state index in [-0.39, 0.29) is 0 Å². The third kappa shape index (κ3) is 5.04. The third-order valence-electron chi connectivity index (χ3n) is 4.14. The zero-order valence-electron chi connectivity index (χ0n) is 13.2. The summed E-state index contributed by atoms with van der Waals surface area (Å²) in [5.41, 5.74) is 0.713. The molecule has 0 radical (unpaired) electrons. The lowest BCUT2D eigenvalue weighted by Crippen LogP contribution is -2.40. The van der Waals surface area contributed by atoms with Gasteiger partial charge in [0.1, 0.15) is 11.6 Å². The summed E-state index contributed by atoms with van der Waals surface area (Å²) in [5, 5.41) is 3.59. The van der Waals surface area contributed by atoms with Crippen molar-refractivity contribution < 1.29 is 8.78 Å². The summed E-state index contributed by atoms with van der Waals surface area (Å²) in [5.74, 6) is -0.349. The van der Waals surface area contributed by atoms with Gasteiger partial charge in [-0.15, -0.1) is 0 Å². The predicted molar refractivity (Wildman–Crippen MR) is 82.1 cm³/mol. The van der Waals surface area contributed by atoms with Gasteiger partial charge in [0.25, 0.3) is 0 Å². The van der Waals surface area contributed by atoms with Gasteiger partial charge in [-0.25, -0.2) is 8.78 Å². The zero-order valence-corrected chi connectivity index (χ0v) is 13.2. The van der Waals surface area contributed by atoms with Gasteiger partial charge in [0.15, 0.2) is 0 Å². The zero-order chi connectivity index (χ0) is 15.4. The highest BCUT2D eigenvalue weighted by Gasteiger charge is 2.23. The van der Waals surface area contributed by atoms with Crippen LogP contribution in [0.3, 0.4) is 0 Å². The molecule has 2 nitrogen and oxygen atoms in total. The van der Waals surface area contributed by atoms with Gasteiger partial charge >= 0.3 is 0 Å². The van der Waals surface area contributed by atoms with E-state index < -0.39 is 11.6 Å². The van der Waals surface area contributed by atoms with E-state index in [4.69, 9.17) is 0 Å². The SMILES string of the molecule is CC(C)CC1CN(Cc2cc(F)cc(F)c2)C(C)CCN1. The van der Waals surface area contributed by atoms with Crippen molar-refractivity contribution in [3.8, 4) is 0 Å². The van der Waals surface area contributed by atoms with E-state index in [9.17, 15) is 8.78 Å². The number of nitrogens with one attached hydrogen (secondary N) is 1. The first-order chi connectivity index (χ1) is 9.94. The summed E-state index contributed by atoms with van der Waals surface area (Å²) in [6, 6.07) is 4.67. The van der Waals surface area contributed by atoms with E-state index in [0.29, 0.717) is 30.1 Å². The standard InChI is InChI=1S/C17H26F2N2/c1-12(2)6-17-11-21(13(3)4-5-20-17)10-14-7-15(18)9-16(19)8-14/h7-9,12-13,17,20H,4-6,10-11H2,1-3H3. The van der Waals surface area contributed by atoms with Crippen molar-refractivity contribution in [3.63, 3.8) is 0 Å². The van der Waals surface area contributed by atoms with Crippen molar-refractivity contribution in [3.05, 3.63) is 35.4 Å². The molecule has 2 rings (SSSR count). The Labute approximate surface area is 126 Å². The molecule has 0 saturated carbocycles. The van der Waals surface area contributed by atoms with Crippen molar-refractivity contribution >= 4 is 0 Å². The summed E-state index contributed by atoms with van der Waals surface area (Å²) in [6.07, 6.45) is 2.19. The minimum absolute atomic E-state index is 0.418. The average molecular weight is 296 g/mol. The minimum atomic E-state index is -0.496. The van der Waals surface area contributed by atoms with Gasteiger partial charge in [-0.3, -0.25) is 4.90 Å². The lowest BCUT2D eigenvalue weighted by Gasteiger charge is -2.29. The Balaban J connectivity index is 2.07. The van der Waals surface area contributed by atoms with E-state index in [1.807, 2.05) is 0 Å². The molecule has 0 aliphatic carbocycles. The molecule has 118 valence electrons. The number of benzene rings is 1. The fourth-order valence-electron chi connectivity index (χ4n) is 3.09. The van der Waals surface area contributed by atoms with Gasteiger partial charge < -0.3 is 5.32 Å². The van der Waals surface area contributed by atoms with Crippen molar-refractivity contribution in [1.29, 1.82) is 0 Å². The van der Waals surface area contributed by atoms with Gasteiger partial charge in [-0.1, -0.05) is 13.8 Å². The number of rotatable bonds is 4. The van der Waals surface area contributed by atoms with Crippen LogP contribution in [-0.4, -0.2) is 30.1 Å². The second-order valence-corrected chi connectivity index (χ2v) is 6.63. The molecule has 1 aromatic carbocycles. The Hall–Kier alpha value is -1.00. The van der Waals surface area contributed by atoms with Gasteiger partial charge in [-0.2, -0.15) is 0 Å². The van der Waals surface area contributed by atoms with Crippen molar-refractivity contribution in [1.82, 2.24) is 10.2 Å². The number of nitrogens with zero attached hydrogens (tertiary/aromatic N) is 1. The monoisotopic (exact) mass is 296 g/mol. The molecule has 0 aromatic heterocycles. The predicted octanol–water partition coefficient (Wildman–Crippen LogP) is 3.56. The second kappa shape index (κ2) is 7.32. The Morgan fingerprint density at radius 3 is 2.52 bits per heavy atom. The van der Waals surface area contributed by atoms with Crippen LogP contribution in [0, 0.1) is 17.6 Å². The molecule has 1 fully saturated rings. The molecule has 1 N–H and O–H groups in total. The summed E-state index contributed by atoms with van der Waals surface area (Å²) in [6.45, 7) is 9.18. The summed E-state index contributed by atoms with van der Waals surface area (Å²) in [4.78, 5) is 2.33. The first-order valence-corrected chi connectivity index (χ1v) is 7.86. The summed E-state index contributed by atoms with van der Waals surface area (Å²) < 4.78 is 26.7. The van der Waals surface area contributed by atoms with Gasteiger partial charge in [-0.05, 0) is 49.9 Å². The molecule has 2 atom stereocenters. The maximum absolute atomic E-state index is 13.3. The third-order valence-corrected chi connectivity index (χ3v) is 4.14.